The fourth-order valence-electron chi connectivity index (χ4n) is 2.66. The summed E-state index contributed by atoms with van der Waals surface area (Å²) >= 11 is 0. The van der Waals surface area contributed by atoms with Crippen LogP contribution in [0, 0.1) is 5.82 Å². The third kappa shape index (κ3) is 1.91. The third-order valence-electron chi connectivity index (χ3n) is 3.63. The topological polar surface area (TPSA) is 38.7 Å². The lowest BCUT2D eigenvalue weighted by Crippen LogP contribution is -2.45. The molecule has 1 fully saturated rings. The van der Waals surface area contributed by atoms with Gasteiger partial charge in [-0.15, -0.1) is 0 Å². The second-order valence-corrected chi connectivity index (χ2v) is 4.80. The molecule has 2 aliphatic heterocycles. The SMILES string of the molecule is O[C@@H]1CC2(CCOCC2)Oc2ccc(F)cc21. The van der Waals surface area contributed by atoms with Gasteiger partial charge >= 0.3 is 0 Å². The van der Waals surface area contributed by atoms with Crippen molar-refractivity contribution in [3.05, 3.63) is 29.6 Å². The minimum atomic E-state index is -0.646. The molecule has 0 bridgehead atoms. The molecule has 92 valence electrons. The van der Waals surface area contributed by atoms with Crippen molar-refractivity contribution in [2.24, 2.45) is 0 Å². The molecule has 1 atom stereocenters. The van der Waals surface area contributed by atoms with Gasteiger partial charge in [-0.1, -0.05) is 0 Å². The zero-order chi connectivity index (χ0) is 11.9. The first-order chi connectivity index (χ1) is 8.19. The summed E-state index contributed by atoms with van der Waals surface area (Å²) in [5.74, 6) is 0.265. The van der Waals surface area contributed by atoms with Crippen LogP contribution in [0.3, 0.4) is 0 Å². The minimum absolute atomic E-state index is 0.331. The smallest absolute Gasteiger partial charge is 0.126 e. The molecule has 1 N–H and O–H groups in total. The number of ether oxygens (including phenoxy) is 2. The molecule has 4 heteroatoms. The van der Waals surface area contributed by atoms with Crippen LogP contribution in [0.4, 0.5) is 4.39 Å². The van der Waals surface area contributed by atoms with E-state index in [1.165, 1.54) is 12.1 Å². The van der Waals surface area contributed by atoms with E-state index in [1.54, 1.807) is 6.07 Å². The summed E-state index contributed by atoms with van der Waals surface area (Å²) in [6, 6.07) is 4.32. The number of aliphatic hydroxyl groups excluding tert-OH is 1. The Morgan fingerprint density at radius 3 is 2.82 bits per heavy atom. The summed E-state index contributed by atoms with van der Waals surface area (Å²) < 4.78 is 24.4. The zero-order valence-electron chi connectivity index (χ0n) is 9.49. The van der Waals surface area contributed by atoms with Gasteiger partial charge in [-0.3, -0.25) is 0 Å². The summed E-state index contributed by atoms with van der Waals surface area (Å²) in [7, 11) is 0. The molecule has 0 amide bonds. The largest absolute Gasteiger partial charge is 0.487 e. The summed E-state index contributed by atoms with van der Waals surface area (Å²) in [5.41, 5.74) is 0.227. The van der Waals surface area contributed by atoms with Crippen LogP contribution in [0.15, 0.2) is 18.2 Å². The molecular formula is C13H15FO3. The molecule has 2 heterocycles. The molecule has 3 rings (SSSR count). The van der Waals surface area contributed by atoms with E-state index in [9.17, 15) is 9.50 Å². The Morgan fingerprint density at radius 1 is 1.29 bits per heavy atom. The van der Waals surface area contributed by atoms with Crippen molar-refractivity contribution in [1.82, 2.24) is 0 Å². The maximum absolute atomic E-state index is 13.1. The van der Waals surface area contributed by atoms with E-state index in [1.807, 2.05) is 0 Å². The van der Waals surface area contributed by atoms with Crippen LogP contribution in [0.25, 0.3) is 0 Å². The highest BCUT2D eigenvalue weighted by atomic mass is 19.1. The molecule has 1 aromatic rings. The molecule has 0 aliphatic carbocycles. The van der Waals surface area contributed by atoms with Crippen LogP contribution in [-0.4, -0.2) is 23.9 Å². The fraction of sp³-hybridized carbons (Fsp3) is 0.538. The first kappa shape index (κ1) is 11.0. The standard InChI is InChI=1S/C13H15FO3/c14-9-1-2-12-10(7-9)11(15)8-13(17-12)3-5-16-6-4-13/h1-2,7,11,15H,3-6,8H2/t11-/m1/s1. The lowest BCUT2D eigenvalue weighted by Gasteiger charge is -2.43. The molecule has 1 aromatic carbocycles. The highest BCUT2D eigenvalue weighted by Crippen LogP contribution is 2.43. The molecular weight excluding hydrogens is 223 g/mol. The van der Waals surface area contributed by atoms with Crippen LogP contribution < -0.4 is 4.74 Å². The van der Waals surface area contributed by atoms with E-state index >= 15 is 0 Å². The lowest BCUT2D eigenvalue weighted by atomic mass is 9.83. The average Bonchev–Trinajstić information content (AvgIpc) is 2.31. The number of halogens is 1. The highest BCUT2D eigenvalue weighted by molar-refractivity contribution is 5.38. The summed E-state index contributed by atoms with van der Waals surface area (Å²) in [6.07, 6.45) is 1.43. The molecule has 1 saturated heterocycles. The van der Waals surface area contributed by atoms with Gasteiger partial charge in [-0.25, -0.2) is 4.39 Å². The van der Waals surface area contributed by atoms with E-state index in [4.69, 9.17) is 9.47 Å². The normalized spacial score (nSPS) is 26.4. The number of fused-ring (bicyclic) bond motifs is 1. The Bertz CT molecular complexity index is 427. The van der Waals surface area contributed by atoms with Crippen LogP contribution >= 0.6 is 0 Å². The Balaban J connectivity index is 1.94. The first-order valence-corrected chi connectivity index (χ1v) is 5.93. The van der Waals surface area contributed by atoms with E-state index < -0.39 is 6.10 Å². The number of rotatable bonds is 0. The van der Waals surface area contributed by atoms with Crippen LogP contribution in [-0.2, 0) is 4.74 Å². The van der Waals surface area contributed by atoms with E-state index in [2.05, 4.69) is 0 Å². The van der Waals surface area contributed by atoms with Crippen molar-refractivity contribution in [2.75, 3.05) is 13.2 Å². The molecule has 0 radical (unpaired) electrons. The molecule has 0 saturated carbocycles. The van der Waals surface area contributed by atoms with Gasteiger partial charge in [0.15, 0.2) is 0 Å². The third-order valence-corrected chi connectivity index (χ3v) is 3.63. The van der Waals surface area contributed by atoms with Crippen LogP contribution in [0.5, 0.6) is 5.75 Å². The maximum Gasteiger partial charge on any atom is 0.126 e. The minimum Gasteiger partial charge on any atom is -0.487 e. The number of hydrogen-bond acceptors (Lipinski definition) is 3. The van der Waals surface area contributed by atoms with Gasteiger partial charge in [0.05, 0.1) is 19.3 Å². The number of benzene rings is 1. The monoisotopic (exact) mass is 238 g/mol. The predicted molar refractivity (Wildman–Crippen MR) is 59.4 cm³/mol. The molecule has 1 spiro atoms. The van der Waals surface area contributed by atoms with Gasteiger partial charge in [-0.2, -0.15) is 0 Å². The maximum atomic E-state index is 13.1. The Morgan fingerprint density at radius 2 is 2.06 bits per heavy atom. The molecule has 2 aliphatic rings. The second-order valence-electron chi connectivity index (χ2n) is 4.80. The van der Waals surface area contributed by atoms with Gasteiger partial charge in [0, 0.05) is 24.8 Å². The highest BCUT2D eigenvalue weighted by Gasteiger charge is 2.41. The van der Waals surface area contributed by atoms with Gasteiger partial charge in [0.25, 0.3) is 0 Å². The molecule has 0 aromatic heterocycles. The van der Waals surface area contributed by atoms with Gasteiger partial charge in [0.1, 0.15) is 17.2 Å². The van der Waals surface area contributed by atoms with Crippen molar-refractivity contribution in [2.45, 2.75) is 31.0 Å². The Hall–Kier alpha value is -1.13. The average molecular weight is 238 g/mol. The van der Waals surface area contributed by atoms with Gasteiger partial charge in [0.2, 0.25) is 0 Å². The Kier molecular flexibility index (Phi) is 2.56. The Labute approximate surface area is 99.2 Å². The van der Waals surface area contributed by atoms with E-state index in [-0.39, 0.29) is 11.4 Å². The number of aliphatic hydroxyl groups is 1. The first-order valence-electron chi connectivity index (χ1n) is 5.93. The summed E-state index contributed by atoms with van der Waals surface area (Å²) in [4.78, 5) is 0. The van der Waals surface area contributed by atoms with Gasteiger partial charge in [-0.05, 0) is 18.2 Å². The fourth-order valence-corrected chi connectivity index (χ4v) is 2.66. The van der Waals surface area contributed by atoms with E-state index in [0.717, 1.165) is 12.8 Å². The van der Waals surface area contributed by atoms with Crippen molar-refractivity contribution in [1.29, 1.82) is 0 Å². The van der Waals surface area contributed by atoms with Gasteiger partial charge < -0.3 is 14.6 Å². The molecule has 0 unspecified atom stereocenters. The van der Waals surface area contributed by atoms with Crippen molar-refractivity contribution in [3.63, 3.8) is 0 Å². The quantitative estimate of drug-likeness (QED) is 0.753. The van der Waals surface area contributed by atoms with E-state index in [0.29, 0.717) is 30.9 Å². The van der Waals surface area contributed by atoms with Crippen molar-refractivity contribution in [3.8, 4) is 5.75 Å². The second kappa shape index (κ2) is 3.96. The molecule has 17 heavy (non-hydrogen) atoms. The summed E-state index contributed by atoms with van der Waals surface area (Å²) in [5, 5.41) is 10.1. The number of hydrogen-bond donors (Lipinski definition) is 1. The predicted octanol–water partition coefficient (Wildman–Crippen LogP) is 2.19. The lowest BCUT2D eigenvalue weighted by molar-refractivity contribution is -0.0840. The zero-order valence-corrected chi connectivity index (χ0v) is 9.49. The van der Waals surface area contributed by atoms with Crippen molar-refractivity contribution >= 4 is 0 Å². The van der Waals surface area contributed by atoms with Crippen LogP contribution in [0.2, 0.25) is 0 Å². The van der Waals surface area contributed by atoms with Crippen molar-refractivity contribution < 1.29 is 19.0 Å². The molecule has 3 nitrogen and oxygen atoms in total. The summed E-state index contributed by atoms with van der Waals surface area (Å²) in [6.45, 7) is 1.31. The van der Waals surface area contributed by atoms with Crippen LogP contribution in [0.1, 0.15) is 30.9 Å².